The van der Waals surface area contributed by atoms with Gasteiger partial charge in [-0.1, -0.05) is 17.7 Å². The number of aryl methyl sites for hydroxylation is 2. The van der Waals surface area contributed by atoms with E-state index in [1.807, 2.05) is 19.9 Å². The van der Waals surface area contributed by atoms with Crippen molar-refractivity contribution in [2.75, 3.05) is 11.4 Å². The summed E-state index contributed by atoms with van der Waals surface area (Å²) >= 11 is 6.19. The summed E-state index contributed by atoms with van der Waals surface area (Å²) < 4.78 is 0. The molecule has 0 aromatic heterocycles. The van der Waals surface area contributed by atoms with Crippen LogP contribution in [0, 0.1) is 13.8 Å². The van der Waals surface area contributed by atoms with E-state index in [2.05, 4.69) is 6.07 Å². The van der Waals surface area contributed by atoms with Gasteiger partial charge in [0, 0.05) is 13.0 Å². The van der Waals surface area contributed by atoms with Gasteiger partial charge in [0.2, 0.25) is 5.91 Å². The van der Waals surface area contributed by atoms with Crippen molar-refractivity contribution in [3.63, 3.8) is 0 Å². The standard InChI is InChI=1S/C12H14ClNO/c1-8-6-9(2)12(10(13)7-8)14-5-3-4-11(14)15/h6-7H,3-5H2,1-2H3. The van der Waals surface area contributed by atoms with E-state index in [0.717, 1.165) is 29.8 Å². The molecule has 0 bridgehead atoms. The average Bonchev–Trinajstić information content (AvgIpc) is 2.50. The molecule has 0 aliphatic carbocycles. The minimum absolute atomic E-state index is 0.184. The molecule has 1 aliphatic heterocycles. The summed E-state index contributed by atoms with van der Waals surface area (Å²) in [5.74, 6) is 0.184. The molecule has 1 heterocycles. The fourth-order valence-electron chi connectivity index (χ4n) is 2.13. The Labute approximate surface area is 94.8 Å². The van der Waals surface area contributed by atoms with E-state index < -0.39 is 0 Å². The summed E-state index contributed by atoms with van der Waals surface area (Å²) in [5, 5.41) is 0.683. The molecule has 0 N–H and O–H groups in total. The maximum absolute atomic E-state index is 11.6. The molecule has 0 atom stereocenters. The van der Waals surface area contributed by atoms with Crippen molar-refractivity contribution >= 4 is 23.2 Å². The first-order chi connectivity index (χ1) is 7.09. The van der Waals surface area contributed by atoms with Crippen molar-refractivity contribution in [1.82, 2.24) is 0 Å². The molecule has 80 valence electrons. The average molecular weight is 224 g/mol. The van der Waals surface area contributed by atoms with Gasteiger partial charge >= 0.3 is 0 Å². The summed E-state index contributed by atoms with van der Waals surface area (Å²) in [4.78, 5) is 13.4. The van der Waals surface area contributed by atoms with E-state index in [4.69, 9.17) is 11.6 Å². The van der Waals surface area contributed by atoms with Gasteiger partial charge < -0.3 is 4.90 Å². The lowest BCUT2D eigenvalue weighted by Crippen LogP contribution is -2.24. The molecule has 2 nitrogen and oxygen atoms in total. The van der Waals surface area contributed by atoms with Crippen LogP contribution in [0.2, 0.25) is 5.02 Å². The first-order valence-electron chi connectivity index (χ1n) is 5.16. The SMILES string of the molecule is Cc1cc(C)c(N2CCCC2=O)c(Cl)c1. The Kier molecular flexibility index (Phi) is 2.70. The largest absolute Gasteiger partial charge is 0.311 e. The second-order valence-electron chi connectivity index (χ2n) is 4.06. The van der Waals surface area contributed by atoms with Gasteiger partial charge in [-0.05, 0) is 37.5 Å². The second kappa shape index (κ2) is 3.86. The highest BCUT2D eigenvalue weighted by atomic mass is 35.5. The monoisotopic (exact) mass is 223 g/mol. The summed E-state index contributed by atoms with van der Waals surface area (Å²) in [6.45, 7) is 4.80. The van der Waals surface area contributed by atoms with Gasteiger partial charge in [0.05, 0.1) is 10.7 Å². The van der Waals surface area contributed by atoms with Gasteiger partial charge in [-0.15, -0.1) is 0 Å². The number of hydrogen-bond donors (Lipinski definition) is 0. The smallest absolute Gasteiger partial charge is 0.227 e. The zero-order chi connectivity index (χ0) is 11.0. The van der Waals surface area contributed by atoms with Gasteiger partial charge in [0.1, 0.15) is 0 Å². The molecule has 0 unspecified atom stereocenters. The topological polar surface area (TPSA) is 20.3 Å². The number of amides is 1. The molecule has 3 heteroatoms. The van der Waals surface area contributed by atoms with Gasteiger partial charge in [-0.2, -0.15) is 0 Å². The zero-order valence-electron chi connectivity index (χ0n) is 9.01. The second-order valence-corrected chi connectivity index (χ2v) is 4.47. The van der Waals surface area contributed by atoms with Crippen LogP contribution >= 0.6 is 11.6 Å². The minimum atomic E-state index is 0.184. The highest BCUT2D eigenvalue weighted by Gasteiger charge is 2.24. The van der Waals surface area contributed by atoms with E-state index in [0.29, 0.717) is 11.4 Å². The van der Waals surface area contributed by atoms with E-state index in [1.54, 1.807) is 4.90 Å². The summed E-state index contributed by atoms with van der Waals surface area (Å²) in [5.41, 5.74) is 3.10. The maximum Gasteiger partial charge on any atom is 0.227 e. The molecule has 0 radical (unpaired) electrons. The molecular weight excluding hydrogens is 210 g/mol. The Hall–Kier alpha value is -1.02. The summed E-state index contributed by atoms with van der Waals surface area (Å²) in [7, 11) is 0. The number of carbonyl (C=O) groups is 1. The number of halogens is 1. The first-order valence-corrected chi connectivity index (χ1v) is 5.54. The van der Waals surface area contributed by atoms with Gasteiger partial charge in [-0.25, -0.2) is 0 Å². The lowest BCUT2D eigenvalue weighted by atomic mass is 10.1. The zero-order valence-corrected chi connectivity index (χ0v) is 9.77. The Morgan fingerprint density at radius 2 is 2.07 bits per heavy atom. The molecule has 1 aromatic rings. The molecule has 2 rings (SSSR count). The number of nitrogens with zero attached hydrogens (tertiary/aromatic N) is 1. The molecule has 0 spiro atoms. The third-order valence-corrected chi connectivity index (χ3v) is 3.03. The van der Waals surface area contributed by atoms with Gasteiger partial charge in [0.15, 0.2) is 0 Å². The van der Waals surface area contributed by atoms with Crippen molar-refractivity contribution in [2.24, 2.45) is 0 Å². The van der Waals surface area contributed by atoms with Crippen LogP contribution in [0.1, 0.15) is 24.0 Å². The first kappa shape index (κ1) is 10.5. The van der Waals surface area contributed by atoms with E-state index in [-0.39, 0.29) is 5.91 Å². The molecule has 1 saturated heterocycles. The van der Waals surface area contributed by atoms with E-state index in [9.17, 15) is 4.79 Å². The lowest BCUT2D eigenvalue weighted by Gasteiger charge is -2.20. The lowest BCUT2D eigenvalue weighted by molar-refractivity contribution is -0.117. The van der Waals surface area contributed by atoms with Crippen molar-refractivity contribution in [2.45, 2.75) is 26.7 Å². The van der Waals surface area contributed by atoms with Gasteiger partial charge in [0.25, 0.3) is 0 Å². The van der Waals surface area contributed by atoms with Crippen molar-refractivity contribution in [1.29, 1.82) is 0 Å². The predicted octanol–water partition coefficient (Wildman–Crippen LogP) is 3.08. The highest BCUT2D eigenvalue weighted by molar-refractivity contribution is 6.34. The number of rotatable bonds is 1. The quantitative estimate of drug-likeness (QED) is 0.717. The molecule has 1 aliphatic rings. The van der Waals surface area contributed by atoms with Crippen LogP contribution in [0.25, 0.3) is 0 Å². The van der Waals surface area contributed by atoms with Crippen LogP contribution in [0.3, 0.4) is 0 Å². The fraction of sp³-hybridized carbons (Fsp3) is 0.417. The molecule has 1 aromatic carbocycles. The Morgan fingerprint density at radius 3 is 2.60 bits per heavy atom. The number of carbonyl (C=O) groups excluding carboxylic acids is 1. The van der Waals surface area contributed by atoms with Gasteiger partial charge in [-0.3, -0.25) is 4.79 Å². The molecule has 1 fully saturated rings. The predicted molar refractivity (Wildman–Crippen MR) is 62.5 cm³/mol. The summed E-state index contributed by atoms with van der Waals surface area (Å²) in [6.07, 6.45) is 1.58. The van der Waals surface area contributed by atoms with E-state index >= 15 is 0 Å². The van der Waals surface area contributed by atoms with Crippen LogP contribution in [0.4, 0.5) is 5.69 Å². The van der Waals surface area contributed by atoms with Crippen molar-refractivity contribution < 1.29 is 4.79 Å². The van der Waals surface area contributed by atoms with Crippen LogP contribution < -0.4 is 4.90 Å². The van der Waals surface area contributed by atoms with Crippen LogP contribution in [-0.2, 0) is 4.79 Å². The molecule has 0 saturated carbocycles. The number of benzene rings is 1. The number of anilines is 1. The molecular formula is C12H14ClNO. The summed E-state index contributed by atoms with van der Waals surface area (Å²) in [6, 6.07) is 3.97. The maximum atomic E-state index is 11.6. The van der Waals surface area contributed by atoms with E-state index in [1.165, 1.54) is 0 Å². The van der Waals surface area contributed by atoms with Crippen LogP contribution in [0.15, 0.2) is 12.1 Å². The molecule has 15 heavy (non-hydrogen) atoms. The highest BCUT2D eigenvalue weighted by Crippen LogP contribution is 2.33. The van der Waals surface area contributed by atoms with Crippen LogP contribution in [-0.4, -0.2) is 12.5 Å². The Balaban J connectivity index is 2.47. The molecule has 1 amide bonds. The fourth-order valence-corrected chi connectivity index (χ4v) is 2.56. The number of hydrogen-bond acceptors (Lipinski definition) is 1. The minimum Gasteiger partial charge on any atom is -0.311 e. The Bertz CT molecular complexity index is 391. The van der Waals surface area contributed by atoms with Crippen molar-refractivity contribution in [3.8, 4) is 0 Å². The normalized spacial score (nSPS) is 16.2. The third-order valence-electron chi connectivity index (χ3n) is 2.74. The Morgan fingerprint density at radius 1 is 1.33 bits per heavy atom. The van der Waals surface area contributed by atoms with Crippen molar-refractivity contribution in [3.05, 3.63) is 28.3 Å². The third kappa shape index (κ3) is 1.86. The van der Waals surface area contributed by atoms with Crippen LogP contribution in [0.5, 0.6) is 0 Å².